The highest BCUT2D eigenvalue weighted by molar-refractivity contribution is 5.78. The minimum absolute atomic E-state index is 0.236. The van der Waals surface area contributed by atoms with E-state index >= 15 is 0 Å². The van der Waals surface area contributed by atoms with Crippen molar-refractivity contribution < 1.29 is 4.79 Å². The monoisotopic (exact) mass is 172 g/mol. The largest absolute Gasteiger partial charge is 0.342 e. The summed E-state index contributed by atoms with van der Waals surface area (Å²) in [5, 5.41) is 2.85. The third-order valence-electron chi connectivity index (χ3n) is 1.79. The molecule has 3 heteroatoms. The first kappa shape index (κ1) is 11.4. The van der Waals surface area contributed by atoms with Crippen LogP contribution in [-0.2, 0) is 4.79 Å². The van der Waals surface area contributed by atoms with Crippen molar-refractivity contribution in [3.8, 4) is 0 Å². The molecular formula is C9H20N2O. The van der Waals surface area contributed by atoms with E-state index < -0.39 is 0 Å². The average Bonchev–Trinajstić information content (AvgIpc) is 2.60. The van der Waals surface area contributed by atoms with Crippen LogP contribution in [0.4, 0.5) is 0 Å². The Balaban J connectivity index is 0.000000561. The number of hydrogen-bond acceptors (Lipinski definition) is 2. The number of hydrogen-bond donors (Lipinski definition) is 1. The van der Waals surface area contributed by atoms with Gasteiger partial charge in [-0.1, -0.05) is 13.8 Å². The molecule has 1 rings (SSSR count). The fourth-order valence-electron chi connectivity index (χ4n) is 1.23. The Morgan fingerprint density at radius 1 is 1.33 bits per heavy atom. The van der Waals surface area contributed by atoms with E-state index in [1.807, 2.05) is 18.7 Å². The zero-order chi connectivity index (χ0) is 9.40. The highest BCUT2D eigenvalue weighted by Crippen LogP contribution is 2.06. The van der Waals surface area contributed by atoms with Crippen molar-refractivity contribution in [3.05, 3.63) is 0 Å². The van der Waals surface area contributed by atoms with Gasteiger partial charge < -0.3 is 10.2 Å². The van der Waals surface area contributed by atoms with Crippen molar-refractivity contribution in [2.24, 2.45) is 0 Å². The molecule has 72 valence electrons. The number of carbonyl (C=O) groups excluding carboxylic acids is 1. The van der Waals surface area contributed by atoms with Crippen molar-refractivity contribution in [2.75, 3.05) is 26.7 Å². The molecule has 0 aromatic heterocycles. The number of nitrogens with one attached hydrogen (secondary N) is 1. The Labute approximate surface area is 75.1 Å². The molecule has 1 aliphatic rings. The predicted octanol–water partition coefficient (Wildman–Crippen LogP) is 0.854. The highest BCUT2D eigenvalue weighted by atomic mass is 16.2. The normalized spacial score (nSPS) is 15.4. The van der Waals surface area contributed by atoms with Crippen LogP contribution in [0.5, 0.6) is 0 Å². The molecule has 3 nitrogen and oxygen atoms in total. The molecule has 0 saturated carbocycles. The first-order valence-electron chi connectivity index (χ1n) is 4.77. The van der Waals surface area contributed by atoms with Gasteiger partial charge >= 0.3 is 0 Å². The second kappa shape index (κ2) is 7.10. The summed E-state index contributed by atoms with van der Waals surface area (Å²) in [6.07, 6.45) is 2.35. The molecule has 0 aromatic carbocycles. The van der Waals surface area contributed by atoms with E-state index in [4.69, 9.17) is 0 Å². The summed E-state index contributed by atoms with van der Waals surface area (Å²) in [7, 11) is 1.80. The van der Waals surface area contributed by atoms with Gasteiger partial charge in [0.2, 0.25) is 5.91 Å². The Hall–Kier alpha value is -0.570. The number of likely N-dealkylation sites (tertiary alicyclic amines) is 1. The number of likely N-dealkylation sites (N-methyl/N-ethyl adjacent to an activating group) is 1. The van der Waals surface area contributed by atoms with E-state index in [-0.39, 0.29) is 5.91 Å². The van der Waals surface area contributed by atoms with Gasteiger partial charge in [-0.2, -0.15) is 0 Å². The van der Waals surface area contributed by atoms with Gasteiger partial charge in [0.15, 0.2) is 0 Å². The Morgan fingerprint density at radius 2 is 1.83 bits per heavy atom. The minimum Gasteiger partial charge on any atom is -0.342 e. The van der Waals surface area contributed by atoms with Crippen molar-refractivity contribution in [2.45, 2.75) is 26.7 Å². The van der Waals surface area contributed by atoms with Crippen molar-refractivity contribution in [1.82, 2.24) is 10.2 Å². The van der Waals surface area contributed by atoms with Gasteiger partial charge in [0.05, 0.1) is 6.54 Å². The Kier molecular flexibility index (Phi) is 6.76. The van der Waals surface area contributed by atoms with E-state index in [1.54, 1.807) is 7.05 Å². The number of rotatable bonds is 2. The third kappa shape index (κ3) is 3.72. The smallest absolute Gasteiger partial charge is 0.236 e. The van der Waals surface area contributed by atoms with Crippen LogP contribution >= 0.6 is 0 Å². The van der Waals surface area contributed by atoms with Crippen LogP contribution in [0.2, 0.25) is 0 Å². The maximum atomic E-state index is 11.1. The fourth-order valence-corrected chi connectivity index (χ4v) is 1.23. The van der Waals surface area contributed by atoms with E-state index in [9.17, 15) is 4.79 Å². The highest BCUT2D eigenvalue weighted by Gasteiger charge is 2.15. The number of amides is 1. The second-order valence-electron chi connectivity index (χ2n) is 2.62. The first-order chi connectivity index (χ1) is 5.84. The van der Waals surface area contributed by atoms with E-state index in [1.165, 1.54) is 12.8 Å². The van der Waals surface area contributed by atoms with Crippen molar-refractivity contribution in [3.63, 3.8) is 0 Å². The zero-order valence-corrected chi connectivity index (χ0v) is 8.39. The standard InChI is InChI=1S/C7H14N2O.C2H6/c1-8-6-7(10)9-4-2-3-5-9;1-2/h8H,2-6H2,1H3;1-2H3. The molecule has 0 radical (unpaired) electrons. The molecule has 0 unspecified atom stereocenters. The van der Waals surface area contributed by atoms with Crippen LogP contribution in [0.25, 0.3) is 0 Å². The lowest BCUT2D eigenvalue weighted by Gasteiger charge is -2.13. The summed E-state index contributed by atoms with van der Waals surface area (Å²) in [5.41, 5.74) is 0. The molecule has 12 heavy (non-hydrogen) atoms. The van der Waals surface area contributed by atoms with Crippen LogP contribution < -0.4 is 5.32 Å². The molecular weight excluding hydrogens is 152 g/mol. The van der Waals surface area contributed by atoms with Gasteiger partial charge in [0, 0.05) is 13.1 Å². The number of carbonyl (C=O) groups is 1. The summed E-state index contributed by atoms with van der Waals surface area (Å²) in [6, 6.07) is 0. The molecule has 1 heterocycles. The molecule has 1 saturated heterocycles. The molecule has 0 aliphatic carbocycles. The molecule has 0 aromatic rings. The molecule has 1 N–H and O–H groups in total. The van der Waals surface area contributed by atoms with E-state index in [0.29, 0.717) is 6.54 Å². The molecule has 1 aliphatic heterocycles. The summed E-state index contributed by atoms with van der Waals surface area (Å²) >= 11 is 0. The van der Waals surface area contributed by atoms with Gasteiger partial charge in [-0.3, -0.25) is 4.79 Å². The predicted molar refractivity (Wildman–Crippen MR) is 51.1 cm³/mol. The summed E-state index contributed by atoms with van der Waals surface area (Å²) in [5.74, 6) is 0.236. The third-order valence-corrected chi connectivity index (χ3v) is 1.79. The molecule has 0 spiro atoms. The fraction of sp³-hybridized carbons (Fsp3) is 0.889. The molecule has 0 bridgehead atoms. The first-order valence-corrected chi connectivity index (χ1v) is 4.77. The van der Waals surface area contributed by atoms with Gasteiger partial charge in [-0.05, 0) is 19.9 Å². The van der Waals surface area contributed by atoms with Gasteiger partial charge in [0.25, 0.3) is 0 Å². The number of nitrogens with zero attached hydrogens (tertiary/aromatic N) is 1. The quantitative estimate of drug-likeness (QED) is 0.670. The lowest BCUT2D eigenvalue weighted by atomic mass is 10.4. The Morgan fingerprint density at radius 3 is 2.25 bits per heavy atom. The van der Waals surface area contributed by atoms with E-state index in [2.05, 4.69) is 5.32 Å². The van der Waals surface area contributed by atoms with Gasteiger partial charge in [0.1, 0.15) is 0 Å². The maximum absolute atomic E-state index is 11.1. The van der Waals surface area contributed by atoms with Gasteiger partial charge in [-0.15, -0.1) is 0 Å². The SMILES string of the molecule is CC.CNCC(=O)N1CCCC1. The lowest BCUT2D eigenvalue weighted by molar-refractivity contribution is -0.129. The van der Waals surface area contributed by atoms with E-state index in [0.717, 1.165) is 13.1 Å². The topological polar surface area (TPSA) is 32.3 Å². The molecule has 1 amide bonds. The van der Waals surface area contributed by atoms with Crippen LogP contribution in [0.1, 0.15) is 26.7 Å². The van der Waals surface area contributed by atoms with Crippen LogP contribution in [0.15, 0.2) is 0 Å². The minimum atomic E-state index is 0.236. The zero-order valence-electron chi connectivity index (χ0n) is 8.39. The Bertz CT molecular complexity index is 120. The molecule has 0 atom stereocenters. The van der Waals surface area contributed by atoms with Gasteiger partial charge in [-0.25, -0.2) is 0 Å². The van der Waals surface area contributed by atoms with Crippen LogP contribution in [0, 0.1) is 0 Å². The summed E-state index contributed by atoms with van der Waals surface area (Å²) in [6.45, 7) is 6.40. The van der Waals surface area contributed by atoms with Crippen LogP contribution in [0.3, 0.4) is 0 Å². The molecule has 1 fully saturated rings. The van der Waals surface area contributed by atoms with Crippen LogP contribution in [-0.4, -0.2) is 37.5 Å². The summed E-state index contributed by atoms with van der Waals surface area (Å²) < 4.78 is 0. The maximum Gasteiger partial charge on any atom is 0.236 e. The van der Waals surface area contributed by atoms with Crippen molar-refractivity contribution in [1.29, 1.82) is 0 Å². The lowest BCUT2D eigenvalue weighted by Crippen LogP contribution is -2.34. The van der Waals surface area contributed by atoms with Crippen molar-refractivity contribution >= 4 is 5.91 Å². The average molecular weight is 172 g/mol. The summed E-state index contributed by atoms with van der Waals surface area (Å²) in [4.78, 5) is 13.0. The second-order valence-corrected chi connectivity index (χ2v) is 2.62.